The molecule has 1 atom stereocenters. The Kier molecular flexibility index (Phi) is 4.52. The van der Waals surface area contributed by atoms with Crippen molar-refractivity contribution in [1.29, 1.82) is 0 Å². The van der Waals surface area contributed by atoms with Crippen LogP contribution >= 0.6 is 0 Å². The van der Waals surface area contributed by atoms with Gasteiger partial charge in [-0.05, 0) is 6.42 Å². The smallest absolute Gasteiger partial charge is 0.161 e. The van der Waals surface area contributed by atoms with Crippen LogP contribution in [0.3, 0.4) is 0 Å². The molecule has 7 heteroatoms. The molecule has 2 rings (SSSR count). The molecule has 114 valence electrons. The molecule has 0 spiro atoms. The molecule has 21 heavy (non-hydrogen) atoms. The number of rotatable bonds is 5. The number of nitrogens with zero attached hydrogens (tertiary/aromatic N) is 2. The second-order valence-corrected chi connectivity index (χ2v) is 4.58. The van der Waals surface area contributed by atoms with Crippen molar-refractivity contribution in [2.24, 2.45) is 5.73 Å². The highest BCUT2D eigenvalue weighted by Crippen LogP contribution is 2.31. The maximum Gasteiger partial charge on any atom is 0.161 e. The molecule has 0 fully saturated rings. The van der Waals surface area contributed by atoms with Gasteiger partial charge in [-0.1, -0.05) is 6.92 Å². The summed E-state index contributed by atoms with van der Waals surface area (Å²) in [5.41, 5.74) is 5.92. The van der Waals surface area contributed by atoms with Gasteiger partial charge in [0.15, 0.2) is 5.75 Å². The lowest BCUT2D eigenvalue weighted by molar-refractivity contribution is 0.401. The number of hydrogen-bond acceptors (Lipinski definition) is 3. The Balaban J connectivity index is 2.54. The van der Waals surface area contributed by atoms with Crippen LogP contribution in [0.15, 0.2) is 18.3 Å². The maximum absolute atomic E-state index is 13.9. The van der Waals surface area contributed by atoms with E-state index in [1.54, 1.807) is 0 Å². The zero-order valence-corrected chi connectivity index (χ0v) is 11.7. The van der Waals surface area contributed by atoms with E-state index >= 15 is 0 Å². The van der Waals surface area contributed by atoms with Crippen LogP contribution in [0.25, 0.3) is 0 Å². The quantitative estimate of drug-likeness (QED) is 0.923. The van der Waals surface area contributed by atoms with E-state index in [0.717, 1.165) is 6.42 Å². The minimum atomic E-state index is -1.14. The molecule has 2 N–H and O–H groups in total. The summed E-state index contributed by atoms with van der Waals surface area (Å²) in [6, 6.07) is 0.0610. The summed E-state index contributed by atoms with van der Waals surface area (Å²) in [6.07, 6.45) is 2.20. The normalized spacial score (nSPS) is 12.5. The first-order chi connectivity index (χ1) is 9.99. The van der Waals surface area contributed by atoms with E-state index in [4.69, 9.17) is 10.5 Å². The Morgan fingerprint density at radius 2 is 1.90 bits per heavy atom. The molecule has 0 saturated heterocycles. The van der Waals surface area contributed by atoms with E-state index in [1.807, 2.05) is 6.92 Å². The minimum Gasteiger partial charge on any atom is -0.493 e. The van der Waals surface area contributed by atoms with Gasteiger partial charge in [-0.15, -0.1) is 0 Å². The number of aromatic nitrogens is 2. The molecule has 1 unspecified atom stereocenters. The van der Waals surface area contributed by atoms with Gasteiger partial charge >= 0.3 is 0 Å². The van der Waals surface area contributed by atoms with Gasteiger partial charge in [0.25, 0.3) is 0 Å². The van der Waals surface area contributed by atoms with Crippen LogP contribution < -0.4 is 10.5 Å². The van der Waals surface area contributed by atoms with Crippen LogP contribution in [0, 0.1) is 17.5 Å². The summed E-state index contributed by atoms with van der Waals surface area (Å²) in [4.78, 5) is 0. The zero-order valence-electron chi connectivity index (χ0n) is 11.7. The predicted molar refractivity (Wildman–Crippen MR) is 71.4 cm³/mol. The average Bonchev–Trinajstić information content (AvgIpc) is 2.80. The largest absolute Gasteiger partial charge is 0.493 e. The summed E-state index contributed by atoms with van der Waals surface area (Å²) in [7, 11) is 1.42. The molecule has 0 radical (unpaired) electrons. The van der Waals surface area contributed by atoms with Gasteiger partial charge < -0.3 is 10.5 Å². The Hall–Kier alpha value is -2.02. The number of nitrogens with two attached hydrogens (primary N) is 1. The third-order valence-electron chi connectivity index (χ3n) is 3.15. The van der Waals surface area contributed by atoms with Gasteiger partial charge in [-0.25, -0.2) is 13.2 Å². The molecule has 0 amide bonds. The molecule has 0 aliphatic rings. The molecule has 0 aliphatic heterocycles. The topological polar surface area (TPSA) is 53.1 Å². The number of halogens is 3. The fraction of sp³-hybridized carbons (Fsp3) is 0.357. The highest BCUT2D eigenvalue weighted by Gasteiger charge is 2.26. The first kappa shape index (κ1) is 15.4. The van der Waals surface area contributed by atoms with Crippen LogP contribution in [-0.2, 0) is 6.54 Å². The Morgan fingerprint density at radius 3 is 2.43 bits per heavy atom. The van der Waals surface area contributed by atoms with Crippen LogP contribution in [0.1, 0.15) is 30.6 Å². The van der Waals surface area contributed by atoms with Crippen LogP contribution in [0.4, 0.5) is 13.2 Å². The van der Waals surface area contributed by atoms with E-state index < -0.39 is 29.1 Å². The molecule has 4 nitrogen and oxygen atoms in total. The molecule has 0 bridgehead atoms. The fourth-order valence-electron chi connectivity index (χ4n) is 2.23. The number of hydrogen-bond donors (Lipinski definition) is 1. The maximum atomic E-state index is 13.9. The molecule has 1 aromatic carbocycles. The summed E-state index contributed by atoms with van der Waals surface area (Å²) in [6.45, 7) is 2.46. The summed E-state index contributed by atoms with van der Waals surface area (Å²) in [5.74, 6) is -2.73. The second kappa shape index (κ2) is 6.17. The molecular weight excluding hydrogens is 283 g/mol. The van der Waals surface area contributed by atoms with E-state index in [-0.39, 0.29) is 0 Å². The van der Waals surface area contributed by atoms with Crippen molar-refractivity contribution in [2.45, 2.75) is 25.9 Å². The van der Waals surface area contributed by atoms with Crippen LogP contribution in [0.5, 0.6) is 5.75 Å². The highest BCUT2D eigenvalue weighted by molar-refractivity contribution is 5.37. The summed E-state index contributed by atoms with van der Waals surface area (Å²) < 4.78 is 47.4. The van der Waals surface area contributed by atoms with E-state index in [9.17, 15) is 13.2 Å². The Labute approximate surface area is 120 Å². The van der Waals surface area contributed by atoms with Gasteiger partial charge in [0.1, 0.15) is 23.1 Å². The highest BCUT2D eigenvalue weighted by atomic mass is 19.1. The Bertz CT molecular complexity index is 619. The average molecular weight is 299 g/mol. The molecule has 1 aromatic heterocycles. The van der Waals surface area contributed by atoms with Gasteiger partial charge in [-0.2, -0.15) is 5.10 Å². The monoisotopic (exact) mass is 299 g/mol. The lowest BCUT2D eigenvalue weighted by Crippen LogP contribution is -2.21. The second-order valence-electron chi connectivity index (χ2n) is 4.58. The number of ether oxygens (including phenoxy) is 1. The van der Waals surface area contributed by atoms with Gasteiger partial charge in [0, 0.05) is 24.2 Å². The van der Waals surface area contributed by atoms with Crippen molar-refractivity contribution < 1.29 is 17.9 Å². The summed E-state index contributed by atoms with van der Waals surface area (Å²) >= 11 is 0. The number of methoxy groups -OCH3 is 1. The van der Waals surface area contributed by atoms with Crippen molar-refractivity contribution in [3.05, 3.63) is 47.0 Å². The first-order valence-corrected chi connectivity index (χ1v) is 6.49. The van der Waals surface area contributed by atoms with Gasteiger partial charge in [-0.3, -0.25) is 4.68 Å². The van der Waals surface area contributed by atoms with Crippen LogP contribution in [-0.4, -0.2) is 16.9 Å². The molecule has 1 heterocycles. The Morgan fingerprint density at radius 1 is 1.29 bits per heavy atom. The lowest BCUT2D eigenvalue weighted by atomic mass is 10.0. The van der Waals surface area contributed by atoms with Gasteiger partial charge in [0.2, 0.25) is 0 Å². The van der Waals surface area contributed by atoms with Crippen molar-refractivity contribution in [3.63, 3.8) is 0 Å². The van der Waals surface area contributed by atoms with Crippen molar-refractivity contribution in [1.82, 2.24) is 9.78 Å². The standard InChI is InChI=1S/C14H16F3N3O/c1-3-4-20-14(11(21-2)7-19-20)13(18)12-9(16)5-8(15)6-10(12)17/h5-7,13H,3-4,18H2,1-2H3. The third kappa shape index (κ3) is 2.87. The first-order valence-electron chi connectivity index (χ1n) is 6.49. The molecule has 2 aromatic rings. The van der Waals surface area contributed by atoms with Crippen molar-refractivity contribution in [3.8, 4) is 5.75 Å². The van der Waals surface area contributed by atoms with Crippen molar-refractivity contribution in [2.75, 3.05) is 7.11 Å². The molecule has 0 saturated carbocycles. The number of benzene rings is 1. The molecular formula is C14H16F3N3O. The summed E-state index contributed by atoms with van der Waals surface area (Å²) in [5, 5.41) is 4.09. The van der Waals surface area contributed by atoms with Crippen LogP contribution in [0.2, 0.25) is 0 Å². The third-order valence-corrected chi connectivity index (χ3v) is 3.15. The minimum absolute atomic E-state index is 0.332. The lowest BCUT2D eigenvalue weighted by Gasteiger charge is -2.17. The predicted octanol–water partition coefficient (Wildman–Crippen LogP) is 2.77. The van der Waals surface area contributed by atoms with Crippen molar-refractivity contribution >= 4 is 0 Å². The SMILES string of the molecule is CCCn1ncc(OC)c1C(N)c1c(F)cc(F)cc1F. The van der Waals surface area contributed by atoms with E-state index in [2.05, 4.69) is 5.10 Å². The van der Waals surface area contributed by atoms with E-state index in [1.165, 1.54) is 18.0 Å². The molecule has 0 aliphatic carbocycles. The number of aryl methyl sites for hydroxylation is 1. The zero-order chi connectivity index (χ0) is 15.6. The fourth-order valence-corrected chi connectivity index (χ4v) is 2.23. The van der Waals surface area contributed by atoms with E-state index in [0.29, 0.717) is 30.1 Å². The van der Waals surface area contributed by atoms with Gasteiger partial charge in [0.05, 0.1) is 19.3 Å².